The monoisotopic (exact) mass is 191 g/mol. The Morgan fingerprint density at radius 2 is 1.91 bits per heavy atom. The molecule has 0 aliphatic carbocycles. The maximum Gasteiger partial charge on any atom is 0.0270 e. The number of hydrogen-bond donors (Lipinski definition) is 0. The summed E-state index contributed by atoms with van der Waals surface area (Å²) < 4.78 is 0. The second-order valence-corrected chi connectivity index (χ2v) is 2.53. The van der Waals surface area contributed by atoms with Crippen molar-refractivity contribution in [3.8, 4) is 0 Å². The van der Waals surface area contributed by atoms with Crippen LogP contribution in [0.5, 0.6) is 0 Å². The highest BCUT2D eigenvalue weighted by Crippen LogP contribution is 2.00. The first-order valence-corrected chi connectivity index (χ1v) is 3.92. The van der Waals surface area contributed by atoms with Gasteiger partial charge < -0.3 is 0 Å². The summed E-state index contributed by atoms with van der Waals surface area (Å²) in [6, 6.07) is 4.04. The molecular weight excluding hydrogens is 181 g/mol. The van der Waals surface area contributed by atoms with E-state index in [9.17, 15) is 0 Å². The Labute approximate surface area is 78.2 Å². The van der Waals surface area contributed by atoms with Gasteiger partial charge in [0.1, 0.15) is 0 Å². The van der Waals surface area contributed by atoms with E-state index in [1.807, 2.05) is 24.5 Å². The minimum atomic E-state index is 0. The van der Waals surface area contributed by atoms with E-state index in [1.54, 1.807) is 0 Å². The van der Waals surface area contributed by atoms with E-state index in [0.29, 0.717) is 0 Å². The molecule has 1 aromatic rings. The fourth-order valence-corrected chi connectivity index (χ4v) is 0.954. The third-order valence-electron chi connectivity index (χ3n) is 1.35. The normalized spacial score (nSPS) is 8.82. The lowest BCUT2D eigenvalue weighted by atomic mass is 10.2. The Balaban J connectivity index is 0.000001000. The van der Waals surface area contributed by atoms with Crippen LogP contribution in [0.25, 0.3) is 0 Å². The maximum atomic E-state index is 5.54. The van der Waals surface area contributed by atoms with Gasteiger partial charge in [0.2, 0.25) is 0 Å². The molecule has 1 aromatic heterocycles. The molecule has 0 bridgehead atoms. The number of halogens is 2. The minimum absolute atomic E-state index is 0. The highest BCUT2D eigenvalue weighted by atomic mass is 35.5. The number of rotatable bonds is 3. The van der Waals surface area contributed by atoms with Gasteiger partial charge in [0.25, 0.3) is 0 Å². The van der Waals surface area contributed by atoms with Gasteiger partial charge in [-0.05, 0) is 30.5 Å². The lowest BCUT2D eigenvalue weighted by Crippen LogP contribution is -1.85. The lowest BCUT2D eigenvalue weighted by molar-refractivity contribution is 0.925. The van der Waals surface area contributed by atoms with E-state index in [-0.39, 0.29) is 12.4 Å². The molecule has 11 heavy (non-hydrogen) atoms. The third kappa shape index (κ3) is 4.23. The van der Waals surface area contributed by atoms with Crippen LogP contribution in [0.3, 0.4) is 0 Å². The molecular formula is C8H11Cl2N. The van der Waals surface area contributed by atoms with Crippen molar-refractivity contribution in [1.82, 2.24) is 4.98 Å². The molecule has 0 aliphatic heterocycles. The molecule has 0 amide bonds. The molecule has 3 heteroatoms. The first-order chi connectivity index (χ1) is 4.93. The summed E-state index contributed by atoms with van der Waals surface area (Å²) in [5.74, 6) is 0.738. The summed E-state index contributed by atoms with van der Waals surface area (Å²) in [4.78, 5) is 3.92. The molecule has 0 atom stereocenters. The zero-order chi connectivity index (χ0) is 7.23. The summed E-state index contributed by atoms with van der Waals surface area (Å²) in [6.45, 7) is 0. The van der Waals surface area contributed by atoms with Gasteiger partial charge in [-0.15, -0.1) is 24.0 Å². The molecule has 0 unspecified atom stereocenters. The van der Waals surface area contributed by atoms with E-state index in [4.69, 9.17) is 11.6 Å². The van der Waals surface area contributed by atoms with Crippen LogP contribution in [0.15, 0.2) is 24.5 Å². The smallest absolute Gasteiger partial charge is 0.0270 e. The van der Waals surface area contributed by atoms with Crippen LogP contribution in [-0.4, -0.2) is 10.9 Å². The van der Waals surface area contributed by atoms with E-state index in [0.717, 1.165) is 18.7 Å². The van der Waals surface area contributed by atoms with Gasteiger partial charge in [0, 0.05) is 18.3 Å². The molecule has 0 spiro atoms. The van der Waals surface area contributed by atoms with E-state index in [2.05, 4.69) is 4.98 Å². The molecule has 0 fully saturated rings. The Morgan fingerprint density at radius 3 is 2.45 bits per heavy atom. The van der Waals surface area contributed by atoms with Gasteiger partial charge in [0.15, 0.2) is 0 Å². The Bertz CT molecular complexity index is 177. The number of hydrogen-bond acceptors (Lipinski definition) is 1. The maximum absolute atomic E-state index is 5.54. The van der Waals surface area contributed by atoms with Crippen LogP contribution in [0.4, 0.5) is 0 Å². The number of nitrogens with zero attached hydrogens (tertiary/aromatic N) is 1. The minimum Gasteiger partial charge on any atom is -0.265 e. The zero-order valence-corrected chi connectivity index (χ0v) is 7.74. The van der Waals surface area contributed by atoms with Crippen molar-refractivity contribution in [2.24, 2.45) is 0 Å². The van der Waals surface area contributed by atoms with Gasteiger partial charge >= 0.3 is 0 Å². The van der Waals surface area contributed by atoms with E-state index >= 15 is 0 Å². The zero-order valence-electron chi connectivity index (χ0n) is 6.16. The van der Waals surface area contributed by atoms with Crippen molar-refractivity contribution in [3.05, 3.63) is 30.1 Å². The van der Waals surface area contributed by atoms with Crippen LogP contribution < -0.4 is 0 Å². The van der Waals surface area contributed by atoms with Crippen molar-refractivity contribution >= 4 is 24.0 Å². The van der Waals surface area contributed by atoms with Crippen molar-refractivity contribution in [2.75, 3.05) is 5.88 Å². The van der Waals surface area contributed by atoms with Gasteiger partial charge in [-0.1, -0.05) is 0 Å². The van der Waals surface area contributed by atoms with Crippen LogP contribution in [0.1, 0.15) is 12.0 Å². The van der Waals surface area contributed by atoms with Crippen LogP contribution in [0, 0.1) is 0 Å². The molecule has 1 rings (SSSR count). The van der Waals surface area contributed by atoms with Gasteiger partial charge in [-0.3, -0.25) is 4.98 Å². The van der Waals surface area contributed by atoms with Crippen LogP contribution >= 0.6 is 24.0 Å². The van der Waals surface area contributed by atoms with Crippen molar-refractivity contribution in [1.29, 1.82) is 0 Å². The second-order valence-electron chi connectivity index (χ2n) is 2.15. The average molecular weight is 192 g/mol. The Hall–Kier alpha value is -0.270. The summed E-state index contributed by atoms with van der Waals surface area (Å²) in [5, 5.41) is 0. The molecule has 0 N–H and O–H groups in total. The first-order valence-electron chi connectivity index (χ1n) is 3.38. The summed E-state index contributed by atoms with van der Waals surface area (Å²) in [5.41, 5.74) is 1.32. The molecule has 62 valence electrons. The molecule has 1 heterocycles. The number of pyridine rings is 1. The van der Waals surface area contributed by atoms with Gasteiger partial charge in [-0.2, -0.15) is 0 Å². The largest absolute Gasteiger partial charge is 0.265 e. The van der Waals surface area contributed by atoms with E-state index < -0.39 is 0 Å². The molecule has 0 radical (unpaired) electrons. The second kappa shape index (κ2) is 6.44. The SMILES string of the molecule is Cl.ClCCCc1ccncc1. The number of aryl methyl sites for hydroxylation is 1. The summed E-state index contributed by atoms with van der Waals surface area (Å²) in [7, 11) is 0. The molecule has 0 aromatic carbocycles. The summed E-state index contributed by atoms with van der Waals surface area (Å²) >= 11 is 5.54. The fraction of sp³-hybridized carbons (Fsp3) is 0.375. The van der Waals surface area contributed by atoms with E-state index in [1.165, 1.54) is 5.56 Å². The fourth-order valence-electron chi connectivity index (χ4n) is 0.820. The Morgan fingerprint density at radius 1 is 1.27 bits per heavy atom. The van der Waals surface area contributed by atoms with Crippen molar-refractivity contribution < 1.29 is 0 Å². The standard InChI is InChI=1S/C8H10ClN.ClH/c9-5-1-2-8-3-6-10-7-4-8;/h3-4,6-7H,1-2,5H2;1H. The molecule has 0 saturated heterocycles. The Kier molecular flexibility index (Phi) is 6.28. The molecule has 1 nitrogen and oxygen atoms in total. The van der Waals surface area contributed by atoms with Gasteiger partial charge in [0.05, 0.1) is 0 Å². The van der Waals surface area contributed by atoms with Crippen LogP contribution in [-0.2, 0) is 6.42 Å². The number of aromatic nitrogens is 1. The first kappa shape index (κ1) is 10.7. The van der Waals surface area contributed by atoms with Crippen LogP contribution in [0.2, 0.25) is 0 Å². The van der Waals surface area contributed by atoms with Crippen molar-refractivity contribution in [3.63, 3.8) is 0 Å². The average Bonchev–Trinajstić information content (AvgIpc) is 2.03. The molecule has 0 aliphatic rings. The predicted molar refractivity (Wildman–Crippen MR) is 50.5 cm³/mol. The van der Waals surface area contributed by atoms with Crippen molar-refractivity contribution in [2.45, 2.75) is 12.8 Å². The molecule has 0 saturated carbocycles. The lowest BCUT2D eigenvalue weighted by Gasteiger charge is -1.95. The highest BCUT2D eigenvalue weighted by Gasteiger charge is 1.88. The third-order valence-corrected chi connectivity index (χ3v) is 1.62. The predicted octanol–water partition coefficient (Wildman–Crippen LogP) is 2.67. The summed E-state index contributed by atoms with van der Waals surface area (Å²) in [6.07, 6.45) is 5.73. The highest BCUT2D eigenvalue weighted by molar-refractivity contribution is 6.17. The quantitative estimate of drug-likeness (QED) is 0.671. The van der Waals surface area contributed by atoms with Gasteiger partial charge in [-0.25, -0.2) is 0 Å². The number of alkyl halides is 1. The topological polar surface area (TPSA) is 12.9 Å².